The van der Waals surface area contributed by atoms with Crippen molar-refractivity contribution >= 4 is 5.91 Å². The van der Waals surface area contributed by atoms with Crippen molar-refractivity contribution in [3.63, 3.8) is 0 Å². The molecule has 1 N–H and O–H groups in total. The number of carbonyl (C=O) groups excluding carboxylic acids is 1. The minimum absolute atomic E-state index is 0.181. The quantitative estimate of drug-likeness (QED) is 0.892. The fourth-order valence-corrected chi connectivity index (χ4v) is 2.90. The molecule has 0 saturated heterocycles. The molecular weight excluding hydrogens is 269 g/mol. The van der Waals surface area contributed by atoms with E-state index in [-0.39, 0.29) is 23.3 Å². The lowest BCUT2D eigenvalue weighted by Gasteiger charge is -2.30. The molecule has 0 atom stereocenters. The van der Waals surface area contributed by atoms with Gasteiger partial charge in [-0.3, -0.25) is 4.79 Å². The monoisotopic (exact) mass is 293 g/mol. The highest BCUT2D eigenvalue weighted by molar-refractivity contribution is 5.97. The van der Waals surface area contributed by atoms with Crippen LogP contribution in [-0.2, 0) is 0 Å². The van der Waals surface area contributed by atoms with E-state index in [0.29, 0.717) is 12.5 Å². The Morgan fingerprint density at radius 3 is 2.62 bits per heavy atom. The van der Waals surface area contributed by atoms with E-state index in [1.165, 1.54) is 12.1 Å². The topological polar surface area (TPSA) is 40.5 Å². The second kappa shape index (κ2) is 6.92. The minimum atomic E-state index is -0.529. The lowest BCUT2D eigenvalue weighted by Crippen LogP contribution is -2.40. The number of hydrogen-bond acceptors (Lipinski definition) is 2. The summed E-state index contributed by atoms with van der Waals surface area (Å²) in [6, 6.07) is 3.86. The molecule has 1 saturated carbocycles. The largest absolute Gasteiger partial charge is 0.507 e. The number of rotatable bonds is 5. The first-order valence-corrected chi connectivity index (χ1v) is 7.78. The van der Waals surface area contributed by atoms with Crippen LogP contribution >= 0.6 is 0 Å². The first kappa shape index (κ1) is 15.8. The van der Waals surface area contributed by atoms with Gasteiger partial charge in [0.1, 0.15) is 11.6 Å². The number of nitrogens with zero attached hydrogens (tertiary/aromatic N) is 1. The Labute approximate surface area is 125 Å². The van der Waals surface area contributed by atoms with Crippen LogP contribution in [0, 0.1) is 11.7 Å². The number of aromatic hydroxyl groups is 1. The van der Waals surface area contributed by atoms with Gasteiger partial charge < -0.3 is 10.0 Å². The molecule has 0 spiro atoms. The Hall–Kier alpha value is -1.58. The Kier molecular flexibility index (Phi) is 5.21. The number of phenols is 1. The van der Waals surface area contributed by atoms with Gasteiger partial charge in [0.2, 0.25) is 0 Å². The molecule has 0 heterocycles. The summed E-state index contributed by atoms with van der Waals surface area (Å²) in [6.45, 7) is 4.96. The van der Waals surface area contributed by atoms with Crippen LogP contribution in [0.2, 0.25) is 0 Å². The second-order valence-electron chi connectivity index (χ2n) is 6.28. The van der Waals surface area contributed by atoms with Crippen molar-refractivity contribution in [1.82, 2.24) is 4.90 Å². The van der Waals surface area contributed by atoms with Crippen molar-refractivity contribution in [2.24, 2.45) is 5.92 Å². The highest BCUT2D eigenvalue weighted by Crippen LogP contribution is 2.28. The van der Waals surface area contributed by atoms with E-state index in [9.17, 15) is 14.3 Å². The minimum Gasteiger partial charge on any atom is -0.507 e. The Morgan fingerprint density at radius 2 is 2.05 bits per heavy atom. The molecule has 2 rings (SSSR count). The number of hydrogen-bond donors (Lipinski definition) is 1. The second-order valence-corrected chi connectivity index (χ2v) is 6.28. The van der Waals surface area contributed by atoms with Crippen LogP contribution in [0.25, 0.3) is 0 Å². The van der Waals surface area contributed by atoms with Crippen LogP contribution in [0.3, 0.4) is 0 Å². The Balaban J connectivity index is 2.19. The van der Waals surface area contributed by atoms with Gasteiger partial charge in [0.25, 0.3) is 5.91 Å². The van der Waals surface area contributed by atoms with Gasteiger partial charge in [-0.1, -0.05) is 26.7 Å². The van der Waals surface area contributed by atoms with Crippen molar-refractivity contribution in [2.75, 3.05) is 6.54 Å². The van der Waals surface area contributed by atoms with Gasteiger partial charge >= 0.3 is 0 Å². The summed E-state index contributed by atoms with van der Waals surface area (Å²) < 4.78 is 13.1. The summed E-state index contributed by atoms with van der Waals surface area (Å²) >= 11 is 0. The predicted octanol–water partition coefficient (Wildman–Crippen LogP) is 3.96. The molecular formula is C17H24FNO2. The Bertz CT molecular complexity index is 496. The summed E-state index contributed by atoms with van der Waals surface area (Å²) in [7, 11) is 0. The van der Waals surface area contributed by atoms with Crippen molar-refractivity contribution in [2.45, 2.75) is 52.0 Å². The van der Waals surface area contributed by atoms with Crippen molar-refractivity contribution in [1.29, 1.82) is 0 Å². The third-order valence-electron chi connectivity index (χ3n) is 4.16. The molecule has 3 nitrogen and oxygen atoms in total. The summed E-state index contributed by atoms with van der Waals surface area (Å²) in [5.41, 5.74) is 0.201. The zero-order valence-electron chi connectivity index (χ0n) is 12.8. The van der Waals surface area contributed by atoms with Crippen LogP contribution in [-0.4, -0.2) is 28.5 Å². The van der Waals surface area contributed by atoms with Crippen molar-refractivity contribution in [3.8, 4) is 5.75 Å². The fourth-order valence-electron chi connectivity index (χ4n) is 2.90. The average Bonchev–Trinajstić information content (AvgIpc) is 2.92. The summed E-state index contributed by atoms with van der Waals surface area (Å²) in [5, 5.41) is 9.84. The molecule has 4 heteroatoms. The van der Waals surface area contributed by atoms with Crippen molar-refractivity contribution in [3.05, 3.63) is 29.6 Å². The molecule has 0 radical (unpaired) electrons. The first-order valence-electron chi connectivity index (χ1n) is 7.78. The normalized spacial score (nSPS) is 15.6. The predicted molar refractivity (Wildman–Crippen MR) is 80.8 cm³/mol. The molecule has 1 aromatic carbocycles. The first-order chi connectivity index (χ1) is 9.99. The third-order valence-corrected chi connectivity index (χ3v) is 4.16. The van der Waals surface area contributed by atoms with E-state index in [1.807, 2.05) is 4.90 Å². The van der Waals surface area contributed by atoms with Gasteiger partial charge in [0, 0.05) is 18.7 Å². The molecule has 0 bridgehead atoms. The molecule has 21 heavy (non-hydrogen) atoms. The fraction of sp³-hybridized carbons (Fsp3) is 0.588. The van der Waals surface area contributed by atoms with Gasteiger partial charge in [-0.2, -0.15) is 0 Å². The third kappa shape index (κ3) is 3.96. The molecule has 1 amide bonds. The number of halogens is 1. The lowest BCUT2D eigenvalue weighted by atomic mass is 10.1. The van der Waals surface area contributed by atoms with E-state index in [4.69, 9.17) is 0 Å². The average molecular weight is 293 g/mol. The molecule has 0 aliphatic heterocycles. The standard InChI is InChI=1S/C17H24FNO2/c1-12(2)9-10-19(14-5-3-4-6-14)17(21)15-8-7-13(18)11-16(15)20/h7-8,11-12,14,20H,3-6,9-10H2,1-2H3. The summed E-state index contributed by atoms with van der Waals surface area (Å²) in [5.74, 6) is -0.463. The molecule has 1 fully saturated rings. The molecule has 0 aromatic heterocycles. The maximum Gasteiger partial charge on any atom is 0.257 e. The smallest absolute Gasteiger partial charge is 0.257 e. The number of phenolic OH excluding ortho intramolecular Hbond substituents is 1. The van der Waals surface area contributed by atoms with E-state index >= 15 is 0 Å². The number of benzene rings is 1. The van der Waals surface area contributed by atoms with Crippen LogP contribution < -0.4 is 0 Å². The molecule has 1 aliphatic carbocycles. The molecule has 0 unspecified atom stereocenters. The van der Waals surface area contributed by atoms with E-state index in [0.717, 1.165) is 38.2 Å². The lowest BCUT2D eigenvalue weighted by molar-refractivity contribution is 0.0669. The zero-order valence-corrected chi connectivity index (χ0v) is 12.8. The molecule has 116 valence electrons. The maximum absolute atomic E-state index is 13.1. The van der Waals surface area contributed by atoms with Crippen LogP contribution in [0.4, 0.5) is 4.39 Å². The molecule has 1 aromatic rings. The summed E-state index contributed by atoms with van der Waals surface area (Å²) in [4.78, 5) is 14.6. The van der Waals surface area contributed by atoms with Gasteiger partial charge in [-0.05, 0) is 37.3 Å². The van der Waals surface area contributed by atoms with Crippen molar-refractivity contribution < 1.29 is 14.3 Å². The Morgan fingerprint density at radius 1 is 1.38 bits per heavy atom. The van der Waals surface area contributed by atoms with E-state index < -0.39 is 5.82 Å². The SMILES string of the molecule is CC(C)CCN(C(=O)c1ccc(F)cc1O)C1CCCC1. The zero-order chi connectivity index (χ0) is 15.4. The highest BCUT2D eigenvalue weighted by atomic mass is 19.1. The number of carbonyl (C=O) groups is 1. The van der Waals surface area contributed by atoms with Crippen LogP contribution in [0.15, 0.2) is 18.2 Å². The maximum atomic E-state index is 13.1. The van der Waals surface area contributed by atoms with E-state index in [1.54, 1.807) is 0 Å². The van der Waals surface area contributed by atoms with Gasteiger partial charge in [0.05, 0.1) is 5.56 Å². The summed E-state index contributed by atoms with van der Waals surface area (Å²) in [6.07, 6.45) is 5.26. The van der Waals surface area contributed by atoms with Crippen LogP contribution in [0.1, 0.15) is 56.3 Å². The number of amides is 1. The van der Waals surface area contributed by atoms with Crippen LogP contribution in [0.5, 0.6) is 5.75 Å². The highest BCUT2D eigenvalue weighted by Gasteiger charge is 2.28. The molecule has 1 aliphatic rings. The van der Waals surface area contributed by atoms with E-state index in [2.05, 4.69) is 13.8 Å². The van der Waals surface area contributed by atoms with Gasteiger partial charge in [0.15, 0.2) is 0 Å². The van der Waals surface area contributed by atoms with Gasteiger partial charge in [-0.15, -0.1) is 0 Å². The van der Waals surface area contributed by atoms with Gasteiger partial charge in [-0.25, -0.2) is 4.39 Å².